The molecule has 0 amide bonds. The molecule has 7 heteroatoms. The van der Waals surface area contributed by atoms with Crippen molar-refractivity contribution >= 4 is 28.1 Å². The number of hydrogen-bond donors (Lipinski definition) is 2. The van der Waals surface area contributed by atoms with Crippen molar-refractivity contribution in [2.45, 2.75) is 12.8 Å². The van der Waals surface area contributed by atoms with Crippen molar-refractivity contribution < 1.29 is 9.90 Å². The van der Waals surface area contributed by atoms with E-state index in [0.717, 1.165) is 5.69 Å². The quantitative estimate of drug-likeness (QED) is 0.866. The monoisotopic (exact) mass is 274 g/mol. The molecule has 0 aliphatic carbocycles. The average Bonchev–Trinajstić information content (AvgIpc) is 2.85. The van der Waals surface area contributed by atoms with Crippen molar-refractivity contribution in [1.82, 2.24) is 10.2 Å². The Morgan fingerprint density at radius 1 is 1.37 bits per heavy atom. The Kier molecular flexibility index (Phi) is 4.05. The summed E-state index contributed by atoms with van der Waals surface area (Å²) >= 11 is 1.32. The van der Waals surface area contributed by atoms with E-state index in [4.69, 9.17) is 10.4 Å². The van der Waals surface area contributed by atoms with Crippen LogP contribution in [0.2, 0.25) is 0 Å². The maximum absolute atomic E-state index is 10.4. The summed E-state index contributed by atoms with van der Waals surface area (Å²) in [6, 6.07) is 9.00. The zero-order valence-corrected chi connectivity index (χ0v) is 10.6. The van der Waals surface area contributed by atoms with Crippen LogP contribution in [0, 0.1) is 11.3 Å². The fourth-order valence-corrected chi connectivity index (χ4v) is 2.13. The van der Waals surface area contributed by atoms with Gasteiger partial charge in [0.15, 0.2) is 0 Å². The highest BCUT2D eigenvalue weighted by molar-refractivity contribution is 7.15. The van der Waals surface area contributed by atoms with E-state index in [9.17, 15) is 4.79 Å². The number of nitrogens with one attached hydrogen (secondary N) is 1. The number of carbonyl (C=O) groups is 1. The van der Waals surface area contributed by atoms with Crippen LogP contribution in [0.1, 0.15) is 17.0 Å². The van der Waals surface area contributed by atoms with Crippen molar-refractivity contribution in [2.75, 3.05) is 5.32 Å². The second kappa shape index (κ2) is 5.93. The van der Waals surface area contributed by atoms with E-state index < -0.39 is 5.97 Å². The molecule has 2 rings (SSSR count). The summed E-state index contributed by atoms with van der Waals surface area (Å²) in [6.07, 6.45) is 0.424. The van der Waals surface area contributed by atoms with E-state index in [1.807, 2.05) is 6.07 Å². The van der Waals surface area contributed by atoms with Crippen LogP contribution >= 0.6 is 11.3 Å². The maximum Gasteiger partial charge on any atom is 0.303 e. The number of nitrogens with zero attached hydrogens (tertiary/aromatic N) is 3. The minimum atomic E-state index is -0.850. The Labute approximate surface area is 113 Å². The molecule has 0 saturated carbocycles. The Bertz CT molecular complexity index is 615. The Morgan fingerprint density at radius 2 is 2.11 bits per heavy atom. The van der Waals surface area contributed by atoms with Crippen molar-refractivity contribution in [2.24, 2.45) is 0 Å². The van der Waals surface area contributed by atoms with Gasteiger partial charge in [0.2, 0.25) is 5.13 Å². The number of aryl methyl sites for hydroxylation is 1. The lowest BCUT2D eigenvalue weighted by molar-refractivity contribution is -0.136. The molecule has 0 unspecified atom stereocenters. The number of carboxylic acids is 1. The molecule has 1 heterocycles. The normalized spacial score (nSPS) is 9.84. The molecule has 0 spiro atoms. The number of hydrogen-bond acceptors (Lipinski definition) is 6. The molecule has 1 aromatic carbocycles. The topological polar surface area (TPSA) is 98.9 Å². The third-order valence-electron chi connectivity index (χ3n) is 2.28. The first-order valence-electron chi connectivity index (χ1n) is 5.49. The number of aliphatic carboxylic acids is 1. The molecule has 0 saturated heterocycles. The molecule has 0 fully saturated rings. The van der Waals surface area contributed by atoms with Crippen LogP contribution in [0.3, 0.4) is 0 Å². The summed E-state index contributed by atoms with van der Waals surface area (Å²) in [5, 5.41) is 29.4. The van der Waals surface area contributed by atoms with Gasteiger partial charge in [0, 0.05) is 12.1 Å². The summed E-state index contributed by atoms with van der Waals surface area (Å²) in [5.41, 5.74) is 1.39. The number of aromatic nitrogens is 2. The summed E-state index contributed by atoms with van der Waals surface area (Å²) in [7, 11) is 0. The van der Waals surface area contributed by atoms with E-state index >= 15 is 0 Å². The predicted molar refractivity (Wildman–Crippen MR) is 70.3 cm³/mol. The molecule has 0 aliphatic rings. The summed E-state index contributed by atoms with van der Waals surface area (Å²) in [6.45, 7) is 0. The highest BCUT2D eigenvalue weighted by Gasteiger charge is 2.06. The van der Waals surface area contributed by atoms with Crippen molar-refractivity contribution in [1.29, 1.82) is 5.26 Å². The van der Waals surface area contributed by atoms with Gasteiger partial charge in [-0.25, -0.2) is 0 Å². The number of carboxylic acid groups (broad SMARTS) is 1. The van der Waals surface area contributed by atoms with Crippen LogP contribution in [0.25, 0.3) is 0 Å². The first kappa shape index (κ1) is 13.0. The van der Waals surface area contributed by atoms with Crippen molar-refractivity contribution in [3.63, 3.8) is 0 Å². The van der Waals surface area contributed by atoms with Crippen LogP contribution < -0.4 is 5.32 Å². The SMILES string of the molecule is N#Cc1ccc(Nc2nnc(CCC(=O)O)s2)cc1. The fraction of sp³-hybridized carbons (Fsp3) is 0.167. The lowest BCUT2D eigenvalue weighted by Gasteiger charge is -2.00. The molecule has 2 aromatic rings. The van der Waals surface area contributed by atoms with Gasteiger partial charge in [-0.1, -0.05) is 11.3 Å². The van der Waals surface area contributed by atoms with Gasteiger partial charge in [0.05, 0.1) is 18.1 Å². The number of rotatable bonds is 5. The van der Waals surface area contributed by atoms with Gasteiger partial charge < -0.3 is 10.4 Å². The van der Waals surface area contributed by atoms with Crippen LogP contribution in [0.4, 0.5) is 10.8 Å². The number of anilines is 2. The van der Waals surface area contributed by atoms with E-state index in [0.29, 0.717) is 22.1 Å². The van der Waals surface area contributed by atoms with Crippen molar-refractivity contribution in [3.8, 4) is 6.07 Å². The predicted octanol–water partition coefficient (Wildman–Crippen LogP) is 2.17. The van der Waals surface area contributed by atoms with Gasteiger partial charge >= 0.3 is 5.97 Å². The van der Waals surface area contributed by atoms with E-state index in [1.165, 1.54) is 11.3 Å². The minimum Gasteiger partial charge on any atom is -0.481 e. The Morgan fingerprint density at radius 3 is 2.74 bits per heavy atom. The molecule has 1 aromatic heterocycles. The highest BCUT2D eigenvalue weighted by atomic mass is 32.1. The van der Waals surface area contributed by atoms with E-state index in [1.54, 1.807) is 24.3 Å². The lowest BCUT2D eigenvalue weighted by atomic mass is 10.2. The zero-order valence-electron chi connectivity index (χ0n) is 9.83. The third-order valence-corrected chi connectivity index (χ3v) is 3.18. The minimum absolute atomic E-state index is 0.0471. The average molecular weight is 274 g/mol. The highest BCUT2D eigenvalue weighted by Crippen LogP contribution is 2.21. The number of benzene rings is 1. The molecule has 2 N–H and O–H groups in total. The van der Waals surface area contributed by atoms with Gasteiger partial charge in [-0.2, -0.15) is 5.26 Å². The van der Waals surface area contributed by atoms with Crippen LogP contribution in [0.5, 0.6) is 0 Å². The van der Waals surface area contributed by atoms with Crippen LogP contribution in [-0.4, -0.2) is 21.3 Å². The van der Waals surface area contributed by atoms with Gasteiger partial charge in [-0.15, -0.1) is 10.2 Å². The van der Waals surface area contributed by atoms with Gasteiger partial charge in [-0.3, -0.25) is 4.79 Å². The molecule has 6 nitrogen and oxygen atoms in total. The number of nitriles is 1. The largest absolute Gasteiger partial charge is 0.481 e. The summed E-state index contributed by atoms with van der Waals surface area (Å²) < 4.78 is 0. The first-order chi connectivity index (χ1) is 9.17. The standard InChI is InChI=1S/C12H10N4O2S/c13-7-8-1-3-9(4-2-8)14-12-16-15-10(19-12)5-6-11(17)18/h1-4H,5-6H2,(H,14,16)(H,17,18). The van der Waals surface area contributed by atoms with Crippen molar-refractivity contribution in [3.05, 3.63) is 34.8 Å². The smallest absolute Gasteiger partial charge is 0.303 e. The zero-order chi connectivity index (χ0) is 13.7. The molecule has 0 atom stereocenters. The van der Waals surface area contributed by atoms with E-state index in [-0.39, 0.29) is 6.42 Å². The van der Waals surface area contributed by atoms with Crippen LogP contribution in [0.15, 0.2) is 24.3 Å². The Balaban J connectivity index is 1.99. The summed E-state index contributed by atoms with van der Waals surface area (Å²) in [4.78, 5) is 10.4. The molecule has 19 heavy (non-hydrogen) atoms. The second-order valence-corrected chi connectivity index (χ2v) is 4.77. The van der Waals surface area contributed by atoms with Gasteiger partial charge in [0.25, 0.3) is 0 Å². The molecular weight excluding hydrogens is 264 g/mol. The maximum atomic E-state index is 10.4. The third kappa shape index (κ3) is 3.76. The second-order valence-electron chi connectivity index (χ2n) is 3.71. The molecule has 0 aliphatic heterocycles. The van der Waals surface area contributed by atoms with Gasteiger partial charge in [-0.05, 0) is 24.3 Å². The molecular formula is C12H10N4O2S. The lowest BCUT2D eigenvalue weighted by Crippen LogP contribution is -1.96. The fourth-order valence-electron chi connectivity index (χ4n) is 1.37. The Hall–Kier alpha value is -2.46. The molecule has 0 bridgehead atoms. The van der Waals surface area contributed by atoms with E-state index in [2.05, 4.69) is 15.5 Å². The summed E-state index contributed by atoms with van der Waals surface area (Å²) in [5.74, 6) is -0.850. The van der Waals surface area contributed by atoms with Gasteiger partial charge in [0.1, 0.15) is 5.01 Å². The molecule has 96 valence electrons. The van der Waals surface area contributed by atoms with Crippen LogP contribution in [-0.2, 0) is 11.2 Å². The first-order valence-corrected chi connectivity index (χ1v) is 6.30. The molecule has 0 radical (unpaired) electrons.